The van der Waals surface area contributed by atoms with Crippen LogP contribution < -0.4 is 0 Å². The fourth-order valence-electron chi connectivity index (χ4n) is 0.806. The van der Waals surface area contributed by atoms with Crippen LogP contribution in [0.25, 0.3) is 0 Å². The molecule has 3 N–H and O–H groups in total. The first-order chi connectivity index (χ1) is 6.22. The van der Waals surface area contributed by atoms with E-state index < -0.39 is 0 Å². The zero-order valence-corrected chi connectivity index (χ0v) is 10.7. The molecule has 3 nitrogen and oxygen atoms in total. The maximum Gasteiger partial charge on any atom is 0.121 e. The Balaban J connectivity index is -0.000000216. The third kappa shape index (κ3) is 7.50. The van der Waals surface area contributed by atoms with Crippen molar-refractivity contribution in [1.29, 1.82) is 0 Å². The smallest absolute Gasteiger partial charge is 0.121 e. The van der Waals surface area contributed by atoms with Crippen molar-refractivity contribution < 1.29 is 33.0 Å². The number of aryl methyl sites for hydroxylation is 2. The average molecular weight is 278 g/mol. The van der Waals surface area contributed by atoms with Gasteiger partial charge in [0.15, 0.2) is 0 Å². The summed E-state index contributed by atoms with van der Waals surface area (Å²) >= 11 is 7.28. The summed E-state index contributed by atoms with van der Waals surface area (Å²) in [6.45, 7) is 3.78. The van der Waals surface area contributed by atoms with E-state index in [0.29, 0.717) is 5.75 Å². The molecule has 0 atom stereocenters. The van der Waals surface area contributed by atoms with Gasteiger partial charge in [-0.3, -0.25) is 9.32 Å². The SMILES string of the molecule is Cc1cccc(C)c1O.OCl.OCl.[V]. The van der Waals surface area contributed by atoms with Crippen LogP contribution in [0.15, 0.2) is 18.2 Å². The van der Waals surface area contributed by atoms with Crippen LogP contribution in [0, 0.1) is 13.8 Å². The van der Waals surface area contributed by atoms with Crippen LogP contribution in [-0.2, 0) is 18.6 Å². The molecule has 1 aromatic carbocycles. The van der Waals surface area contributed by atoms with Gasteiger partial charge in [-0.2, -0.15) is 0 Å². The minimum atomic E-state index is 0. The van der Waals surface area contributed by atoms with E-state index in [2.05, 4.69) is 23.7 Å². The van der Waals surface area contributed by atoms with Crippen molar-refractivity contribution in [2.24, 2.45) is 0 Å². The number of phenols is 1. The van der Waals surface area contributed by atoms with Crippen molar-refractivity contribution in [1.82, 2.24) is 0 Å². The maximum atomic E-state index is 9.21. The summed E-state index contributed by atoms with van der Waals surface area (Å²) < 4.78 is 12.9. The van der Waals surface area contributed by atoms with Gasteiger partial charge < -0.3 is 5.11 Å². The van der Waals surface area contributed by atoms with Crippen LogP contribution in [0.1, 0.15) is 11.1 Å². The van der Waals surface area contributed by atoms with E-state index in [9.17, 15) is 5.11 Å². The fourth-order valence-corrected chi connectivity index (χ4v) is 0.806. The fraction of sp³-hybridized carbons (Fsp3) is 0.250. The van der Waals surface area contributed by atoms with Crippen LogP contribution in [0.4, 0.5) is 0 Å². The molecule has 0 spiro atoms. The molecule has 1 aromatic rings. The van der Waals surface area contributed by atoms with E-state index in [4.69, 9.17) is 9.32 Å². The van der Waals surface area contributed by atoms with Crippen LogP contribution in [0.2, 0.25) is 0 Å². The second kappa shape index (κ2) is 13.1. The van der Waals surface area contributed by atoms with E-state index in [0.717, 1.165) is 11.1 Å². The van der Waals surface area contributed by atoms with Gasteiger partial charge in [0, 0.05) is 18.6 Å². The van der Waals surface area contributed by atoms with Crippen molar-refractivity contribution in [2.45, 2.75) is 13.8 Å². The molecular formula is C8H12Cl2O3V. The Labute approximate surface area is 106 Å². The molecule has 1 rings (SSSR count). The van der Waals surface area contributed by atoms with Gasteiger partial charge >= 0.3 is 0 Å². The summed E-state index contributed by atoms with van der Waals surface area (Å²) in [5, 5.41) is 9.21. The molecule has 0 aliphatic heterocycles. The number of hydrogen-bond acceptors (Lipinski definition) is 3. The van der Waals surface area contributed by atoms with E-state index in [-0.39, 0.29) is 18.6 Å². The Hall–Kier alpha value is 0.104. The number of halogens is 2. The third-order valence-electron chi connectivity index (χ3n) is 1.44. The minimum absolute atomic E-state index is 0. The van der Waals surface area contributed by atoms with Crippen molar-refractivity contribution in [2.75, 3.05) is 0 Å². The Kier molecular flexibility index (Phi) is 18.4. The Bertz CT molecular complexity index is 214. The number of para-hydroxylation sites is 1. The summed E-state index contributed by atoms with van der Waals surface area (Å²) in [5.41, 5.74) is 1.88. The van der Waals surface area contributed by atoms with Gasteiger partial charge in [-0.05, 0) is 25.0 Å². The molecule has 6 heteroatoms. The molecule has 0 heterocycles. The van der Waals surface area contributed by atoms with Gasteiger partial charge in [0.25, 0.3) is 0 Å². The van der Waals surface area contributed by atoms with Crippen LogP contribution >= 0.6 is 23.7 Å². The van der Waals surface area contributed by atoms with E-state index >= 15 is 0 Å². The van der Waals surface area contributed by atoms with E-state index in [1.807, 2.05) is 32.0 Å². The second-order valence-corrected chi connectivity index (χ2v) is 2.24. The molecule has 0 aromatic heterocycles. The number of phenolic OH excluding ortho intramolecular Hbond substituents is 1. The number of aromatic hydroxyl groups is 1. The molecule has 0 fully saturated rings. The molecule has 1 radical (unpaired) electrons. The van der Waals surface area contributed by atoms with Crippen molar-refractivity contribution >= 4 is 23.7 Å². The summed E-state index contributed by atoms with van der Waals surface area (Å²) in [6.07, 6.45) is 0. The van der Waals surface area contributed by atoms with Gasteiger partial charge in [0.05, 0.1) is 23.7 Å². The van der Waals surface area contributed by atoms with Crippen molar-refractivity contribution in [3.8, 4) is 5.75 Å². The van der Waals surface area contributed by atoms with Gasteiger partial charge in [-0.1, -0.05) is 18.2 Å². The predicted octanol–water partition coefficient (Wildman–Crippen LogP) is 2.27. The molecule has 0 aliphatic carbocycles. The maximum absolute atomic E-state index is 9.21. The van der Waals surface area contributed by atoms with Crippen LogP contribution in [0.3, 0.4) is 0 Å². The molecule has 0 bridgehead atoms. The molecule has 14 heavy (non-hydrogen) atoms. The normalized spacial score (nSPS) is 7.00. The standard InChI is InChI=1S/C8H10O.2ClHO.V/c1-6-4-3-5-7(2)8(6)9;2*1-2;/h3-5,9H,1-2H3;2*2H;. The molecule has 0 saturated carbocycles. The Morgan fingerprint density at radius 2 is 1.21 bits per heavy atom. The summed E-state index contributed by atoms with van der Waals surface area (Å²) in [6, 6.07) is 5.72. The molecular weight excluding hydrogens is 266 g/mol. The topological polar surface area (TPSA) is 60.7 Å². The van der Waals surface area contributed by atoms with Crippen LogP contribution in [0.5, 0.6) is 5.75 Å². The monoisotopic (exact) mass is 277 g/mol. The van der Waals surface area contributed by atoms with Gasteiger partial charge in [0.1, 0.15) is 5.75 Å². The van der Waals surface area contributed by atoms with Gasteiger partial charge in [-0.25, -0.2) is 0 Å². The van der Waals surface area contributed by atoms with Crippen molar-refractivity contribution in [3.05, 3.63) is 29.3 Å². The number of rotatable bonds is 0. The van der Waals surface area contributed by atoms with Gasteiger partial charge in [-0.15, -0.1) is 0 Å². The minimum Gasteiger partial charge on any atom is -0.507 e. The second-order valence-electron chi connectivity index (χ2n) is 2.24. The number of benzene rings is 1. The Morgan fingerprint density at radius 3 is 1.43 bits per heavy atom. The van der Waals surface area contributed by atoms with Gasteiger partial charge in [0.2, 0.25) is 0 Å². The first-order valence-corrected chi connectivity index (χ1v) is 3.98. The first kappa shape index (κ1) is 19.6. The third-order valence-corrected chi connectivity index (χ3v) is 1.44. The van der Waals surface area contributed by atoms with Crippen molar-refractivity contribution in [3.63, 3.8) is 0 Å². The number of hydrogen-bond donors (Lipinski definition) is 3. The zero-order chi connectivity index (χ0) is 10.9. The molecule has 0 aliphatic rings. The first-order valence-electron chi connectivity index (χ1n) is 3.31. The van der Waals surface area contributed by atoms with Crippen LogP contribution in [-0.4, -0.2) is 14.4 Å². The Morgan fingerprint density at radius 1 is 0.929 bits per heavy atom. The molecule has 0 unspecified atom stereocenters. The molecule has 0 amide bonds. The summed E-state index contributed by atoms with van der Waals surface area (Å²) in [7, 11) is 0. The summed E-state index contributed by atoms with van der Waals surface area (Å²) in [5.74, 6) is 0.414. The summed E-state index contributed by atoms with van der Waals surface area (Å²) in [4.78, 5) is 0. The largest absolute Gasteiger partial charge is 0.507 e. The van der Waals surface area contributed by atoms with E-state index in [1.54, 1.807) is 0 Å². The van der Waals surface area contributed by atoms with E-state index in [1.165, 1.54) is 0 Å². The zero-order valence-electron chi connectivity index (χ0n) is 7.78. The quantitative estimate of drug-likeness (QED) is 0.682. The molecule has 81 valence electrons. The molecule has 0 saturated heterocycles. The predicted molar refractivity (Wildman–Crippen MR) is 53.7 cm³/mol. The average Bonchev–Trinajstić information content (AvgIpc) is 2.20.